The van der Waals surface area contributed by atoms with Crippen LogP contribution in [0.3, 0.4) is 0 Å². The van der Waals surface area contributed by atoms with E-state index in [4.69, 9.17) is 9.47 Å². The number of aromatic nitrogens is 2. The number of methoxy groups -OCH3 is 2. The van der Waals surface area contributed by atoms with Crippen LogP contribution >= 0.6 is 0 Å². The molecule has 2 aromatic rings. The summed E-state index contributed by atoms with van der Waals surface area (Å²) in [5, 5.41) is 3.14. The maximum atomic E-state index is 12.4. The summed E-state index contributed by atoms with van der Waals surface area (Å²) in [5.74, 6) is 2.03. The van der Waals surface area contributed by atoms with Crippen LogP contribution in [0.2, 0.25) is 0 Å². The van der Waals surface area contributed by atoms with Gasteiger partial charge in [0.15, 0.2) is 0 Å². The van der Waals surface area contributed by atoms with Crippen molar-refractivity contribution >= 4 is 21.5 Å². The molecule has 30 heavy (non-hydrogen) atoms. The second-order valence-corrected chi connectivity index (χ2v) is 8.63. The first kappa shape index (κ1) is 20.5. The molecule has 1 aromatic carbocycles. The van der Waals surface area contributed by atoms with Gasteiger partial charge in [0.25, 0.3) is 10.0 Å². The summed E-state index contributed by atoms with van der Waals surface area (Å²) in [6.07, 6.45) is 0. The van der Waals surface area contributed by atoms with Crippen LogP contribution in [0, 0.1) is 0 Å². The lowest BCUT2D eigenvalue weighted by atomic mass is 10.3. The van der Waals surface area contributed by atoms with Crippen LogP contribution in [0.15, 0.2) is 39.6 Å². The maximum Gasteiger partial charge on any atom is 0.286 e. The van der Waals surface area contributed by atoms with Gasteiger partial charge in [-0.3, -0.25) is 9.80 Å². The molecule has 0 spiro atoms. The molecule has 1 N–H and O–H groups in total. The average Bonchev–Trinajstić information content (AvgIpc) is 2.74. The molecule has 0 atom stereocenters. The van der Waals surface area contributed by atoms with Crippen LogP contribution in [-0.4, -0.2) is 81.0 Å². The van der Waals surface area contributed by atoms with Crippen molar-refractivity contribution in [2.45, 2.75) is 11.4 Å². The van der Waals surface area contributed by atoms with Crippen molar-refractivity contribution in [2.75, 3.05) is 52.3 Å². The lowest BCUT2D eigenvalue weighted by molar-refractivity contribution is 0.137. The Hall–Kier alpha value is -2.76. The van der Waals surface area contributed by atoms with E-state index in [1.165, 1.54) is 0 Å². The number of nitrogens with one attached hydrogen (secondary N) is 1. The fourth-order valence-electron chi connectivity index (χ4n) is 3.48. The van der Waals surface area contributed by atoms with E-state index in [9.17, 15) is 8.42 Å². The van der Waals surface area contributed by atoms with E-state index >= 15 is 0 Å². The summed E-state index contributed by atoms with van der Waals surface area (Å²) < 4.78 is 39.1. The number of para-hydroxylation sites is 1. The van der Waals surface area contributed by atoms with Crippen LogP contribution in [0.25, 0.3) is 0 Å². The molecular formula is C19H24N6O4S. The van der Waals surface area contributed by atoms with Gasteiger partial charge in [0, 0.05) is 26.2 Å². The zero-order valence-corrected chi connectivity index (χ0v) is 17.7. The fraction of sp³-hybridized carbons (Fsp3) is 0.421. The number of amidine groups is 1. The Bertz CT molecular complexity index is 1030. The molecule has 1 saturated heterocycles. The van der Waals surface area contributed by atoms with Crippen molar-refractivity contribution in [3.05, 3.63) is 36.2 Å². The summed E-state index contributed by atoms with van der Waals surface area (Å²) in [4.78, 5) is 13.4. The molecule has 4 rings (SSSR count). The predicted octanol–water partition coefficient (Wildman–Crippen LogP) is 0.824. The summed E-state index contributed by atoms with van der Waals surface area (Å²) in [6.45, 7) is 4.21. The van der Waals surface area contributed by atoms with Crippen molar-refractivity contribution in [3.63, 3.8) is 0 Å². The Morgan fingerprint density at radius 3 is 2.20 bits per heavy atom. The normalized spacial score (nSPS) is 18.8. The lowest BCUT2D eigenvalue weighted by Crippen LogP contribution is -2.48. The lowest BCUT2D eigenvalue weighted by Gasteiger charge is -2.34. The molecule has 160 valence electrons. The molecule has 0 radical (unpaired) electrons. The highest BCUT2D eigenvalue weighted by Gasteiger charge is 2.26. The van der Waals surface area contributed by atoms with Crippen molar-refractivity contribution in [2.24, 2.45) is 4.40 Å². The number of nitrogens with zero attached hydrogens (tertiary/aromatic N) is 5. The minimum Gasteiger partial charge on any atom is -0.481 e. The van der Waals surface area contributed by atoms with Gasteiger partial charge in [-0.25, -0.2) is 0 Å². The molecule has 0 amide bonds. The van der Waals surface area contributed by atoms with Crippen molar-refractivity contribution in [3.8, 4) is 11.8 Å². The number of benzene rings is 1. The molecular weight excluding hydrogens is 408 g/mol. The van der Waals surface area contributed by atoms with Gasteiger partial charge in [0.1, 0.15) is 16.6 Å². The molecule has 1 fully saturated rings. The second kappa shape index (κ2) is 8.54. The zero-order chi connectivity index (χ0) is 21.1. The van der Waals surface area contributed by atoms with Crippen LogP contribution < -0.4 is 14.8 Å². The second-order valence-electron chi connectivity index (χ2n) is 7.06. The highest BCUT2D eigenvalue weighted by Crippen LogP contribution is 2.26. The van der Waals surface area contributed by atoms with Crippen LogP contribution in [0.5, 0.6) is 11.8 Å². The van der Waals surface area contributed by atoms with Crippen LogP contribution in [-0.2, 0) is 16.6 Å². The largest absolute Gasteiger partial charge is 0.481 e. The Balaban J connectivity index is 1.35. The van der Waals surface area contributed by atoms with Gasteiger partial charge >= 0.3 is 0 Å². The third kappa shape index (κ3) is 4.53. The topological polar surface area (TPSA) is 109 Å². The average molecular weight is 433 g/mol. The van der Waals surface area contributed by atoms with Crippen molar-refractivity contribution in [1.29, 1.82) is 0 Å². The number of hydrogen-bond acceptors (Lipinski definition) is 9. The zero-order valence-electron chi connectivity index (χ0n) is 16.9. The van der Waals surface area contributed by atoms with E-state index in [0.717, 1.165) is 26.2 Å². The third-order valence-corrected chi connectivity index (χ3v) is 6.39. The molecule has 11 heteroatoms. The molecule has 2 aliphatic heterocycles. The number of ether oxygens (including phenoxy) is 2. The van der Waals surface area contributed by atoms with Gasteiger partial charge in [0.05, 0.1) is 39.1 Å². The molecule has 2 aliphatic rings. The molecule has 3 heterocycles. The Kier molecular flexibility index (Phi) is 5.84. The number of fused-ring (bicyclic) bond motifs is 1. The summed E-state index contributed by atoms with van der Waals surface area (Å²) in [6, 6.07) is 8.46. The van der Waals surface area contributed by atoms with Crippen LogP contribution in [0.1, 0.15) is 5.82 Å². The predicted molar refractivity (Wildman–Crippen MR) is 112 cm³/mol. The van der Waals surface area contributed by atoms with Gasteiger partial charge in [-0.05, 0) is 12.1 Å². The molecule has 0 unspecified atom stereocenters. The van der Waals surface area contributed by atoms with E-state index in [1.54, 1.807) is 44.6 Å². The van der Waals surface area contributed by atoms with E-state index in [-0.39, 0.29) is 4.90 Å². The molecule has 0 bridgehead atoms. The van der Waals surface area contributed by atoms with E-state index in [0.29, 0.717) is 42.2 Å². The van der Waals surface area contributed by atoms with Gasteiger partial charge in [-0.2, -0.15) is 18.4 Å². The van der Waals surface area contributed by atoms with E-state index in [2.05, 4.69) is 29.5 Å². The standard InChI is InChI=1S/C19H24N6O4S/c1-28-18-11-19(29-2)22-16(21-18)12-24-7-9-25(10-8-24)13-17-20-14-5-3-4-6-15(14)30(26,27)23-17/h3-6,11H,7-10,12-13H2,1-2H3,(H,20,23). The first-order valence-electron chi connectivity index (χ1n) is 9.57. The number of anilines is 1. The molecule has 10 nitrogen and oxygen atoms in total. The highest BCUT2D eigenvalue weighted by molar-refractivity contribution is 7.90. The molecule has 1 aromatic heterocycles. The molecule has 0 saturated carbocycles. The summed E-state index contributed by atoms with van der Waals surface area (Å²) >= 11 is 0. The number of piperazine rings is 1. The summed E-state index contributed by atoms with van der Waals surface area (Å²) in [7, 11) is -0.538. The Labute approximate surface area is 175 Å². The SMILES string of the molecule is COc1cc(OC)nc(CN2CCN(CC3=NS(=O)(=O)c4ccccc4N3)CC2)n1. The first-order chi connectivity index (χ1) is 14.5. The van der Waals surface area contributed by atoms with Crippen molar-refractivity contribution < 1.29 is 17.9 Å². The van der Waals surface area contributed by atoms with Crippen molar-refractivity contribution in [1.82, 2.24) is 19.8 Å². The smallest absolute Gasteiger partial charge is 0.286 e. The van der Waals surface area contributed by atoms with Gasteiger partial charge in [0.2, 0.25) is 11.8 Å². The fourth-order valence-corrected chi connectivity index (χ4v) is 4.62. The third-order valence-electron chi connectivity index (χ3n) is 5.02. The van der Waals surface area contributed by atoms with Gasteiger partial charge < -0.3 is 14.8 Å². The van der Waals surface area contributed by atoms with E-state index < -0.39 is 10.0 Å². The Morgan fingerprint density at radius 1 is 0.967 bits per heavy atom. The Morgan fingerprint density at radius 2 is 1.57 bits per heavy atom. The number of sulfonamides is 1. The van der Waals surface area contributed by atoms with Gasteiger partial charge in [-0.1, -0.05) is 12.1 Å². The van der Waals surface area contributed by atoms with E-state index in [1.807, 2.05) is 0 Å². The quantitative estimate of drug-likeness (QED) is 0.709. The summed E-state index contributed by atoms with van der Waals surface area (Å²) in [5.41, 5.74) is 0.574. The van der Waals surface area contributed by atoms with Gasteiger partial charge in [-0.15, -0.1) is 4.40 Å². The highest BCUT2D eigenvalue weighted by atomic mass is 32.2. The maximum absolute atomic E-state index is 12.4. The monoisotopic (exact) mass is 432 g/mol. The number of rotatable bonds is 6. The minimum atomic E-state index is -3.66. The first-order valence-corrected chi connectivity index (χ1v) is 11.0. The number of hydrogen-bond donors (Lipinski definition) is 1. The van der Waals surface area contributed by atoms with Crippen LogP contribution in [0.4, 0.5) is 5.69 Å². The minimum absolute atomic E-state index is 0.215. The molecule has 0 aliphatic carbocycles.